The molecule has 136 valence electrons. The third-order valence-corrected chi connectivity index (χ3v) is 3.07. The molecule has 0 aromatic heterocycles. The molecule has 0 aliphatic rings. The fourth-order valence-electron chi connectivity index (χ4n) is 1.85. The van der Waals surface area contributed by atoms with Gasteiger partial charge in [-0.25, -0.2) is 0 Å². The van der Waals surface area contributed by atoms with E-state index >= 15 is 0 Å². The van der Waals surface area contributed by atoms with E-state index in [1.54, 1.807) is 7.05 Å². The van der Waals surface area contributed by atoms with Crippen molar-refractivity contribution >= 4 is 35.8 Å². The smallest absolute Gasteiger partial charge is 0.221 e. The Morgan fingerprint density at radius 3 is 2.46 bits per heavy atom. The largest absolute Gasteiger partial charge is 0.494 e. The van der Waals surface area contributed by atoms with Gasteiger partial charge in [-0.3, -0.25) is 9.79 Å². The van der Waals surface area contributed by atoms with E-state index in [0.717, 1.165) is 31.7 Å². The van der Waals surface area contributed by atoms with Gasteiger partial charge >= 0.3 is 0 Å². The van der Waals surface area contributed by atoms with Crippen LogP contribution in [0, 0.1) is 0 Å². The van der Waals surface area contributed by atoms with Crippen LogP contribution >= 0.6 is 24.0 Å². The van der Waals surface area contributed by atoms with E-state index in [0.29, 0.717) is 25.5 Å². The van der Waals surface area contributed by atoms with Gasteiger partial charge in [0, 0.05) is 33.1 Å². The summed E-state index contributed by atoms with van der Waals surface area (Å²) in [5, 5.41) is 9.17. The molecule has 0 bridgehead atoms. The summed E-state index contributed by atoms with van der Waals surface area (Å²) < 4.78 is 5.62. The number of benzene rings is 1. The van der Waals surface area contributed by atoms with Crippen molar-refractivity contribution in [1.82, 2.24) is 16.0 Å². The molecule has 7 heteroatoms. The van der Waals surface area contributed by atoms with E-state index < -0.39 is 0 Å². The minimum atomic E-state index is 0. The molecule has 1 amide bonds. The highest BCUT2D eigenvalue weighted by Gasteiger charge is 2.01. The van der Waals surface area contributed by atoms with Crippen LogP contribution in [0.3, 0.4) is 0 Å². The quantitative estimate of drug-likeness (QED) is 0.222. The molecular formula is C17H29IN4O2. The molecule has 1 aromatic carbocycles. The van der Waals surface area contributed by atoms with Crippen LogP contribution in [0.5, 0.6) is 5.75 Å². The van der Waals surface area contributed by atoms with E-state index in [2.05, 4.69) is 20.9 Å². The SMILES string of the molecule is CCCNC(=O)CCNC(=NC)NCCCOc1ccccc1.I. The average molecular weight is 448 g/mol. The molecule has 0 spiro atoms. The Morgan fingerprint density at radius 1 is 1.08 bits per heavy atom. The first-order valence-corrected chi connectivity index (χ1v) is 8.15. The van der Waals surface area contributed by atoms with E-state index in [-0.39, 0.29) is 29.9 Å². The molecule has 0 aliphatic carbocycles. The Balaban J connectivity index is 0.00000529. The number of ether oxygens (including phenoxy) is 1. The molecule has 0 heterocycles. The molecule has 0 saturated carbocycles. The van der Waals surface area contributed by atoms with Crippen LogP contribution in [0.15, 0.2) is 35.3 Å². The van der Waals surface area contributed by atoms with E-state index in [9.17, 15) is 4.79 Å². The molecule has 0 radical (unpaired) electrons. The molecular weight excluding hydrogens is 419 g/mol. The Hall–Kier alpha value is -1.51. The predicted molar refractivity (Wildman–Crippen MR) is 109 cm³/mol. The number of nitrogens with zero attached hydrogens (tertiary/aromatic N) is 1. The number of carbonyl (C=O) groups excluding carboxylic acids is 1. The van der Waals surface area contributed by atoms with Gasteiger partial charge in [0.05, 0.1) is 6.61 Å². The lowest BCUT2D eigenvalue weighted by atomic mass is 10.3. The van der Waals surface area contributed by atoms with Crippen molar-refractivity contribution in [2.24, 2.45) is 4.99 Å². The normalized spacial score (nSPS) is 10.5. The summed E-state index contributed by atoms with van der Waals surface area (Å²) in [7, 11) is 1.72. The molecule has 0 saturated heterocycles. The van der Waals surface area contributed by atoms with Crippen LogP contribution < -0.4 is 20.7 Å². The first-order valence-electron chi connectivity index (χ1n) is 8.15. The summed E-state index contributed by atoms with van der Waals surface area (Å²) in [6.45, 7) is 4.73. The second-order valence-electron chi connectivity index (χ2n) is 5.04. The van der Waals surface area contributed by atoms with Gasteiger partial charge in [0.25, 0.3) is 0 Å². The molecule has 3 N–H and O–H groups in total. The third-order valence-electron chi connectivity index (χ3n) is 3.07. The van der Waals surface area contributed by atoms with Crippen LogP contribution in [0.1, 0.15) is 26.2 Å². The summed E-state index contributed by atoms with van der Waals surface area (Å²) in [6, 6.07) is 9.76. The number of halogens is 1. The zero-order chi connectivity index (χ0) is 16.8. The Kier molecular flexibility index (Phi) is 14.1. The second kappa shape index (κ2) is 15.0. The number of nitrogens with one attached hydrogen (secondary N) is 3. The first kappa shape index (κ1) is 22.5. The summed E-state index contributed by atoms with van der Waals surface area (Å²) in [5.41, 5.74) is 0. The van der Waals surface area contributed by atoms with E-state index in [1.165, 1.54) is 0 Å². The number of hydrogen-bond donors (Lipinski definition) is 3. The number of para-hydroxylation sites is 1. The lowest BCUT2D eigenvalue weighted by Gasteiger charge is -2.12. The highest BCUT2D eigenvalue weighted by Crippen LogP contribution is 2.07. The Labute approximate surface area is 161 Å². The van der Waals surface area contributed by atoms with Crippen LogP contribution in [-0.4, -0.2) is 45.2 Å². The number of aliphatic imine (C=N–C) groups is 1. The Bertz CT molecular complexity index is 469. The van der Waals surface area contributed by atoms with Gasteiger partial charge < -0.3 is 20.7 Å². The van der Waals surface area contributed by atoms with E-state index in [1.807, 2.05) is 37.3 Å². The maximum atomic E-state index is 11.5. The number of hydrogen-bond acceptors (Lipinski definition) is 3. The van der Waals surface area contributed by atoms with E-state index in [4.69, 9.17) is 4.74 Å². The standard InChI is InChI=1S/C17H28N4O2.HI/c1-3-11-19-16(22)10-13-21-17(18-2)20-12-7-14-23-15-8-5-4-6-9-15;/h4-6,8-9H,3,7,10-14H2,1-2H3,(H,19,22)(H2,18,20,21);1H. The average Bonchev–Trinajstić information content (AvgIpc) is 2.59. The third kappa shape index (κ3) is 11.1. The van der Waals surface area contributed by atoms with Crippen molar-refractivity contribution in [2.45, 2.75) is 26.2 Å². The lowest BCUT2D eigenvalue weighted by Crippen LogP contribution is -2.40. The molecule has 0 aliphatic heterocycles. The van der Waals surface area contributed by atoms with Gasteiger partial charge in [-0.15, -0.1) is 24.0 Å². The monoisotopic (exact) mass is 448 g/mol. The number of carbonyl (C=O) groups is 1. The zero-order valence-electron chi connectivity index (χ0n) is 14.5. The van der Waals surface area contributed by atoms with Crippen molar-refractivity contribution in [2.75, 3.05) is 33.3 Å². The first-order chi connectivity index (χ1) is 11.3. The van der Waals surface area contributed by atoms with Crippen LogP contribution in [-0.2, 0) is 4.79 Å². The van der Waals surface area contributed by atoms with Gasteiger partial charge in [0.2, 0.25) is 5.91 Å². The number of amides is 1. The fraction of sp³-hybridized carbons (Fsp3) is 0.529. The van der Waals surface area contributed by atoms with Gasteiger partial charge in [0.1, 0.15) is 5.75 Å². The second-order valence-corrected chi connectivity index (χ2v) is 5.04. The summed E-state index contributed by atoms with van der Waals surface area (Å²) in [6.07, 6.45) is 2.26. The van der Waals surface area contributed by atoms with Crippen LogP contribution in [0.4, 0.5) is 0 Å². The van der Waals surface area contributed by atoms with Gasteiger partial charge in [-0.1, -0.05) is 25.1 Å². The Morgan fingerprint density at radius 2 is 1.79 bits per heavy atom. The van der Waals surface area contributed by atoms with Crippen LogP contribution in [0.2, 0.25) is 0 Å². The van der Waals surface area contributed by atoms with Crippen LogP contribution in [0.25, 0.3) is 0 Å². The molecule has 1 rings (SSSR count). The van der Waals surface area contributed by atoms with Gasteiger partial charge in [-0.05, 0) is 25.0 Å². The zero-order valence-corrected chi connectivity index (χ0v) is 16.8. The van der Waals surface area contributed by atoms with Gasteiger partial charge in [-0.2, -0.15) is 0 Å². The maximum absolute atomic E-state index is 11.5. The maximum Gasteiger partial charge on any atom is 0.221 e. The van der Waals surface area contributed by atoms with Crippen molar-refractivity contribution in [1.29, 1.82) is 0 Å². The molecule has 0 fully saturated rings. The number of rotatable bonds is 10. The molecule has 1 aromatic rings. The van der Waals surface area contributed by atoms with Crippen molar-refractivity contribution in [3.05, 3.63) is 30.3 Å². The molecule has 0 unspecified atom stereocenters. The topological polar surface area (TPSA) is 74.8 Å². The summed E-state index contributed by atoms with van der Waals surface area (Å²) in [5.74, 6) is 1.65. The summed E-state index contributed by atoms with van der Waals surface area (Å²) in [4.78, 5) is 15.6. The van der Waals surface area contributed by atoms with Crippen molar-refractivity contribution in [3.63, 3.8) is 0 Å². The highest BCUT2D eigenvalue weighted by atomic mass is 127. The molecule has 6 nitrogen and oxygen atoms in total. The van der Waals surface area contributed by atoms with Crippen molar-refractivity contribution in [3.8, 4) is 5.75 Å². The van der Waals surface area contributed by atoms with Crippen molar-refractivity contribution < 1.29 is 9.53 Å². The fourth-order valence-corrected chi connectivity index (χ4v) is 1.85. The lowest BCUT2D eigenvalue weighted by molar-refractivity contribution is -0.120. The molecule has 24 heavy (non-hydrogen) atoms. The minimum Gasteiger partial charge on any atom is -0.494 e. The molecule has 0 atom stereocenters. The summed E-state index contributed by atoms with van der Waals surface area (Å²) >= 11 is 0. The number of guanidine groups is 1. The predicted octanol–water partition coefficient (Wildman–Crippen LogP) is 2.15. The highest BCUT2D eigenvalue weighted by molar-refractivity contribution is 14.0. The minimum absolute atomic E-state index is 0. The van der Waals surface area contributed by atoms with Gasteiger partial charge in [0.15, 0.2) is 5.96 Å².